The molecule has 1 atom stereocenters. The highest BCUT2D eigenvalue weighted by molar-refractivity contribution is 8.09. The molecule has 0 spiro atoms. The van der Waals surface area contributed by atoms with E-state index in [-0.39, 0.29) is 6.42 Å². The summed E-state index contributed by atoms with van der Waals surface area (Å²) in [6.07, 6.45) is 3.71. The predicted octanol–water partition coefficient (Wildman–Crippen LogP) is -0.333. The van der Waals surface area contributed by atoms with Crippen molar-refractivity contribution in [2.24, 2.45) is 0 Å². The lowest BCUT2D eigenvalue weighted by molar-refractivity contribution is -0.107. The third kappa shape index (κ3) is 3.74. The highest BCUT2D eigenvalue weighted by atomic mass is 32.3. The molecule has 0 radical (unpaired) electrons. The molecule has 0 aliphatic heterocycles. The van der Waals surface area contributed by atoms with Crippen molar-refractivity contribution < 1.29 is 17.8 Å². The van der Waals surface area contributed by atoms with Gasteiger partial charge in [-0.2, -0.15) is 8.42 Å². The van der Waals surface area contributed by atoms with Gasteiger partial charge in [0.15, 0.2) is 0 Å². The van der Waals surface area contributed by atoms with Gasteiger partial charge in [-0.05, 0) is 0 Å². The zero-order chi connectivity index (χ0) is 9.07. The number of rotatable bonds is 4. The number of aldehydes is 1. The molecule has 0 amide bonds. The Hall–Kier alpha value is -0.0700. The summed E-state index contributed by atoms with van der Waals surface area (Å²) < 4.78 is 28.8. The summed E-state index contributed by atoms with van der Waals surface area (Å²) in [5.41, 5.74) is 0. The van der Waals surface area contributed by atoms with Crippen molar-refractivity contribution in [2.75, 3.05) is 12.5 Å². The normalized spacial score (nSPS) is 14.9. The molecule has 66 valence electrons. The Morgan fingerprint density at radius 3 is 2.09 bits per heavy atom. The summed E-state index contributed by atoms with van der Waals surface area (Å²) >= 11 is 0. The van der Waals surface area contributed by atoms with Gasteiger partial charge < -0.3 is 4.79 Å². The van der Waals surface area contributed by atoms with Crippen LogP contribution in [0.1, 0.15) is 6.42 Å². The first-order chi connectivity index (χ1) is 4.89. The first kappa shape index (κ1) is 10.9. The van der Waals surface area contributed by atoms with Gasteiger partial charge in [0, 0.05) is 10.9 Å². The molecule has 0 bridgehead atoms. The number of carbonyl (C=O) groups excluding carboxylic acids is 1. The number of hydrogen-bond donors (Lipinski definition) is 1. The first-order valence-corrected chi connectivity index (χ1v) is 6.46. The molecule has 4 nitrogen and oxygen atoms in total. The molecule has 0 aliphatic carbocycles. The molecule has 0 aromatic carbocycles. The van der Waals surface area contributed by atoms with Gasteiger partial charge in [-0.3, -0.25) is 4.55 Å². The van der Waals surface area contributed by atoms with Crippen molar-refractivity contribution in [3.63, 3.8) is 0 Å². The summed E-state index contributed by atoms with van der Waals surface area (Å²) in [4.78, 5) is 10.00. The molecule has 0 rings (SSSR count). The summed E-state index contributed by atoms with van der Waals surface area (Å²) in [6, 6.07) is 0. The van der Waals surface area contributed by atoms with Crippen LogP contribution in [-0.2, 0) is 25.8 Å². The van der Waals surface area contributed by atoms with Crippen LogP contribution in [0.4, 0.5) is 0 Å². The average Bonchev–Trinajstić information content (AvgIpc) is 1.79. The van der Waals surface area contributed by atoms with Gasteiger partial charge in [0.2, 0.25) is 4.58 Å². The minimum atomic E-state index is -4.05. The minimum Gasteiger partial charge on any atom is -0.303 e. The smallest absolute Gasteiger partial charge is 0.303 e. The maximum atomic E-state index is 10.6. The molecular formula is C5H11O4S2+. The average molecular weight is 199 g/mol. The standard InChI is InChI=1S/C5H10O4S2/c1-10(2)5(3-4-6)11(7,8)9/h4-5H,3H2,1-2H3/p+1. The fourth-order valence-electron chi connectivity index (χ4n) is 0.636. The lowest BCUT2D eigenvalue weighted by Crippen LogP contribution is -2.28. The van der Waals surface area contributed by atoms with Gasteiger partial charge in [0.05, 0.1) is 18.9 Å². The van der Waals surface area contributed by atoms with Crippen LogP contribution in [0.15, 0.2) is 0 Å². The molecule has 0 saturated heterocycles. The second kappa shape index (κ2) is 4.08. The zero-order valence-corrected chi connectivity index (χ0v) is 7.98. The largest absolute Gasteiger partial charge is 0.314 e. The number of carbonyl (C=O) groups is 1. The molecule has 0 aromatic rings. The van der Waals surface area contributed by atoms with Crippen molar-refractivity contribution in [1.82, 2.24) is 0 Å². The van der Waals surface area contributed by atoms with E-state index in [4.69, 9.17) is 4.55 Å². The molecule has 11 heavy (non-hydrogen) atoms. The molecule has 1 N–H and O–H groups in total. The monoisotopic (exact) mass is 199 g/mol. The SMILES string of the molecule is C[S+](C)C(CC=O)S(=O)(=O)O. The Morgan fingerprint density at radius 2 is 2.00 bits per heavy atom. The van der Waals surface area contributed by atoms with Crippen molar-refractivity contribution in [3.05, 3.63) is 0 Å². The molecule has 6 heteroatoms. The van der Waals surface area contributed by atoms with Crippen molar-refractivity contribution in [1.29, 1.82) is 0 Å². The molecule has 0 fully saturated rings. The summed E-state index contributed by atoms with van der Waals surface area (Å²) in [5, 5.41) is 0. The predicted molar refractivity (Wildman–Crippen MR) is 45.2 cm³/mol. The first-order valence-electron chi connectivity index (χ1n) is 2.86. The molecule has 0 saturated carbocycles. The Kier molecular flexibility index (Phi) is 4.05. The van der Waals surface area contributed by atoms with Crippen LogP contribution in [0, 0.1) is 0 Å². The third-order valence-electron chi connectivity index (χ3n) is 1.15. The van der Waals surface area contributed by atoms with E-state index >= 15 is 0 Å². The van der Waals surface area contributed by atoms with Gasteiger partial charge in [-0.1, -0.05) is 0 Å². The van der Waals surface area contributed by atoms with Crippen molar-refractivity contribution >= 4 is 27.3 Å². The zero-order valence-electron chi connectivity index (χ0n) is 6.35. The van der Waals surface area contributed by atoms with Crippen LogP contribution in [0.2, 0.25) is 0 Å². The lowest BCUT2D eigenvalue weighted by atomic mass is 10.5. The second-order valence-corrected chi connectivity index (χ2v) is 6.45. The summed E-state index contributed by atoms with van der Waals surface area (Å²) in [5.74, 6) is 0. The Bertz CT molecular complexity index is 219. The maximum absolute atomic E-state index is 10.6. The van der Waals surface area contributed by atoms with Crippen LogP contribution in [0.25, 0.3) is 0 Å². The van der Waals surface area contributed by atoms with E-state index in [1.165, 1.54) is 0 Å². The van der Waals surface area contributed by atoms with Crippen LogP contribution in [0.5, 0.6) is 0 Å². The highest BCUT2D eigenvalue weighted by Crippen LogP contribution is 2.09. The van der Waals surface area contributed by atoms with Gasteiger partial charge >= 0.3 is 10.1 Å². The van der Waals surface area contributed by atoms with E-state index < -0.39 is 25.6 Å². The molecule has 1 unspecified atom stereocenters. The fourth-order valence-corrected chi connectivity index (χ4v) is 3.37. The van der Waals surface area contributed by atoms with Gasteiger partial charge in [-0.15, -0.1) is 0 Å². The van der Waals surface area contributed by atoms with E-state index in [0.29, 0.717) is 6.29 Å². The van der Waals surface area contributed by atoms with Crippen molar-refractivity contribution in [3.8, 4) is 0 Å². The van der Waals surface area contributed by atoms with E-state index in [2.05, 4.69) is 0 Å². The lowest BCUT2D eigenvalue weighted by Gasteiger charge is -2.05. The third-order valence-corrected chi connectivity index (χ3v) is 5.13. The molecule has 0 aromatic heterocycles. The van der Waals surface area contributed by atoms with E-state index in [1.807, 2.05) is 0 Å². The topological polar surface area (TPSA) is 71.4 Å². The number of hydrogen-bond acceptors (Lipinski definition) is 3. The Balaban J connectivity index is 4.48. The Labute approximate surface area is 69.1 Å². The molecule has 0 heterocycles. The summed E-state index contributed by atoms with van der Waals surface area (Å²) in [6.45, 7) is 0. The quantitative estimate of drug-likeness (QED) is 0.382. The summed E-state index contributed by atoms with van der Waals surface area (Å²) in [7, 11) is -4.54. The molecular weight excluding hydrogens is 188 g/mol. The minimum absolute atomic E-state index is 0.130. The van der Waals surface area contributed by atoms with Crippen LogP contribution in [-0.4, -0.2) is 36.4 Å². The van der Waals surface area contributed by atoms with Crippen molar-refractivity contribution in [2.45, 2.75) is 11.0 Å². The van der Waals surface area contributed by atoms with Gasteiger partial charge in [0.1, 0.15) is 6.29 Å². The Morgan fingerprint density at radius 1 is 1.55 bits per heavy atom. The van der Waals surface area contributed by atoms with Crippen LogP contribution < -0.4 is 0 Å². The molecule has 0 aliphatic rings. The van der Waals surface area contributed by atoms with E-state index in [0.717, 1.165) is 0 Å². The maximum Gasteiger partial charge on any atom is 0.314 e. The van der Waals surface area contributed by atoms with Crippen LogP contribution >= 0.6 is 0 Å². The van der Waals surface area contributed by atoms with Gasteiger partial charge in [0.25, 0.3) is 0 Å². The fraction of sp³-hybridized carbons (Fsp3) is 0.800. The second-order valence-electron chi connectivity index (χ2n) is 2.23. The van der Waals surface area contributed by atoms with Crippen LogP contribution in [0.3, 0.4) is 0 Å². The van der Waals surface area contributed by atoms with Gasteiger partial charge in [-0.25, -0.2) is 0 Å². The highest BCUT2D eigenvalue weighted by Gasteiger charge is 2.33. The van der Waals surface area contributed by atoms with E-state index in [9.17, 15) is 13.2 Å². The van der Waals surface area contributed by atoms with E-state index in [1.54, 1.807) is 12.5 Å².